The van der Waals surface area contributed by atoms with Gasteiger partial charge in [0.25, 0.3) is 0 Å². The van der Waals surface area contributed by atoms with Crippen LogP contribution in [0.1, 0.15) is 11.1 Å². The van der Waals surface area contributed by atoms with E-state index in [0.717, 1.165) is 5.56 Å². The molecule has 2 rings (SSSR count). The molecule has 0 aliphatic carbocycles. The molecule has 2 aromatic carbocycles. The fourth-order valence-corrected chi connectivity index (χ4v) is 1.68. The maximum atomic E-state index is 13.4. The summed E-state index contributed by atoms with van der Waals surface area (Å²) in [7, 11) is 1.42. The first kappa shape index (κ1) is 14.3. The van der Waals surface area contributed by atoms with Gasteiger partial charge in [0.15, 0.2) is 11.6 Å². The lowest BCUT2D eigenvalue weighted by atomic mass is 10.2. The van der Waals surface area contributed by atoms with Crippen molar-refractivity contribution >= 4 is 17.8 Å². The number of halogens is 2. The van der Waals surface area contributed by atoms with Gasteiger partial charge in [0, 0.05) is 5.02 Å². The van der Waals surface area contributed by atoms with E-state index in [1.165, 1.54) is 13.2 Å². The molecule has 0 N–H and O–H groups in total. The third-order valence-electron chi connectivity index (χ3n) is 2.59. The van der Waals surface area contributed by atoms with Crippen LogP contribution in [0, 0.1) is 5.82 Å². The van der Waals surface area contributed by atoms with Crippen LogP contribution in [0.4, 0.5) is 4.39 Å². The fourth-order valence-electron chi connectivity index (χ4n) is 1.56. The molecule has 0 heterocycles. The monoisotopic (exact) mass is 293 g/mol. The van der Waals surface area contributed by atoms with Crippen LogP contribution < -0.4 is 4.74 Å². The van der Waals surface area contributed by atoms with E-state index >= 15 is 0 Å². The number of ether oxygens (including phenoxy) is 1. The Labute approximate surface area is 121 Å². The summed E-state index contributed by atoms with van der Waals surface area (Å²) < 4.78 is 18.3. The van der Waals surface area contributed by atoms with Gasteiger partial charge in [-0.05, 0) is 35.4 Å². The van der Waals surface area contributed by atoms with Crippen molar-refractivity contribution in [3.63, 3.8) is 0 Å². The van der Waals surface area contributed by atoms with Gasteiger partial charge in [0.1, 0.15) is 6.61 Å². The van der Waals surface area contributed by atoms with Gasteiger partial charge < -0.3 is 9.57 Å². The predicted molar refractivity (Wildman–Crippen MR) is 76.8 cm³/mol. The summed E-state index contributed by atoms with van der Waals surface area (Å²) in [4.78, 5) is 5.11. The minimum Gasteiger partial charge on any atom is -0.494 e. The maximum absolute atomic E-state index is 13.4. The highest BCUT2D eigenvalue weighted by atomic mass is 35.5. The number of oxime groups is 1. The van der Waals surface area contributed by atoms with Crippen LogP contribution in [0.2, 0.25) is 5.02 Å². The van der Waals surface area contributed by atoms with Gasteiger partial charge in [-0.2, -0.15) is 0 Å². The van der Waals surface area contributed by atoms with E-state index in [0.29, 0.717) is 10.6 Å². The van der Waals surface area contributed by atoms with E-state index in [4.69, 9.17) is 21.2 Å². The first-order valence-electron chi connectivity index (χ1n) is 5.92. The number of benzene rings is 2. The Balaban J connectivity index is 1.89. The molecule has 0 aliphatic heterocycles. The van der Waals surface area contributed by atoms with Crippen LogP contribution in [0.3, 0.4) is 0 Å². The van der Waals surface area contributed by atoms with Crippen molar-refractivity contribution in [1.29, 1.82) is 0 Å². The fraction of sp³-hybridized carbons (Fsp3) is 0.133. The molecule has 2 aromatic rings. The highest BCUT2D eigenvalue weighted by Crippen LogP contribution is 2.18. The largest absolute Gasteiger partial charge is 0.494 e. The smallest absolute Gasteiger partial charge is 0.165 e. The van der Waals surface area contributed by atoms with Crippen LogP contribution >= 0.6 is 11.6 Å². The molecule has 0 bridgehead atoms. The van der Waals surface area contributed by atoms with Gasteiger partial charge in [0.05, 0.1) is 13.3 Å². The predicted octanol–water partition coefficient (Wildman–Crippen LogP) is 4.04. The first-order chi connectivity index (χ1) is 9.69. The second-order valence-corrected chi connectivity index (χ2v) is 4.46. The van der Waals surface area contributed by atoms with E-state index in [2.05, 4.69) is 5.16 Å². The minimum atomic E-state index is -0.421. The first-order valence-corrected chi connectivity index (χ1v) is 6.30. The summed E-state index contributed by atoms with van der Waals surface area (Å²) >= 11 is 5.77. The maximum Gasteiger partial charge on any atom is 0.165 e. The Hall–Kier alpha value is -2.07. The molecular weight excluding hydrogens is 281 g/mol. The number of rotatable bonds is 5. The lowest BCUT2D eigenvalue weighted by Crippen LogP contribution is -1.92. The van der Waals surface area contributed by atoms with E-state index in [9.17, 15) is 4.39 Å². The average Bonchev–Trinajstić information content (AvgIpc) is 2.46. The summed E-state index contributed by atoms with van der Waals surface area (Å²) in [5.41, 5.74) is 1.55. The van der Waals surface area contributed by atoms with Gasteiger partial charge >= 0.3 is 0 Å². The summed E-state index contributed by atoms with van der Waals surface area (Å²) in [6, 6.07) is 11.8. The average molecular weight is 294 g/mol. The van der Waals surface area contributed by atoms with Crippen LogP contribution in [-0.4, -0.2) is 13.3 Å². The van der Waals surface area contributed by atoms with Gasteiger partial charge in [0.2, 0.25) is 0 Å². The zero-order valence-electron chi connectivity index (χ0n) is 10.8. The molecule has 0 fully saturated rings. The molecular formula is C15H13ClFNO2. The molecule has 104 valence electrons. The third-order valence-corrected chi connectivity index (χ3v) is 2.85. The van der Waals surface area contributed by atoms with Crippen molar-refractivity contribution in [2.45, 2.75) is 6.61 Å². The van der Waals surface area contributed by atoms with Crippen molar-refractivity contribution in [3.8, 4) is 5.75 Å². The molecule has 0 spiro atoms. The number of methoxy groups -OCH3 is 1. The number of hydrogen-bond donors (Lipinski definition) is 0. The van der Waals surface area contributed by atoms with Gasteiger partial charge in [-0.1, -0.05) is 35.0 Å². The van der Waals surface area contributed by atoms with Crippen molar-refractivity contribution in [1.82, 2.24) is 0 Å². The van der Waals surface area contributed by atoms with Crippen LogP contribution in [0.5, 0.6) is 5.75 Å². The van der Waals surface area contributed by atoms with E-state index < -0.39 is 5.82 Å². The zero-order chi connectivity index (χ0) is 14.4. The molecule has 0 unspecified atom stereocenters. The number of nitrogens with zero attached hydrogens (tertiary/aromatic N) is 1. The van der Waals surface area contributed by atoms with E-state index in [-0.39, 0.29) is 12.4 Å². The molecule has 20 heavy (non-hydrogen) atoms. The Bertz CT molecular complexity index is 599. The van der Waals surface area contributed by atoms with Crippen molar-refractivity contribution < 1.29 is 14.0 Å². The van der Waals surface area contributed by atoms with Gasteiger partial charge in [-0.25, -0.2) is 4.39 Å². The van der Waals surface area contributed by atoms with Crippen LogP contribution in [-0.2, 0) is 11.4 Å². The number of hydrogen-bond acceptors (Lipinski definition) is 3. The van der Waals surface area contributed by atoms with Gasteiger partial charge in [-0.15, -0.1) is 0 Å². The lowest BCUT2D eigenvalue weighted by Gasteiger charge is -2.04. The summed E-state index contributed by atoms with van der Waals surface area (Å²) in [5, 5.41) is 4.48. The normalized spacial score (nSPS) is 10.8. The van der Waals surface area contributed by atoms with E-state index in [1.807, 2.05) is 12.1 Å². The summed E-state index contributed by atoms with van der Waals surface area (Å²) in [6.07, 6.45) is 1.57. The van der Waals surface area contributed by atoms with Gasteiger partial charge in [-0.3, -0.25) is 0 Å². The minimum absolute atomic E-state index is 0.186. The van der Waals surface area contributed by atoms with Crippen molar-refractivity contribution in [2.24, 2.45) is 5.16 Å². The molecule has 0 atom stereocenters. The molecule has 3 nitrogen and oxygen atoms in total. The Morgan fingerprint density at radius 1 is 1.20 bits per heavy atom. The molecule has 0 aromatic heterocycles. The lowest BCUT2D eigenvalue weighted by molar-refractivity contribution is 0.132. The van der Waals surface area contributed by atoms with Crippen molar-refractivity contribution in [2.75, 3.05) is 7.11 Å². The van der Waals surface area contributed by atoms with E-state index in [1.54, 1.807) is 30.5 Å². The van der Waals surface area contributed by atoms with Crippen LogP contribution in [0.25, 0.3) is 0 Å². The highest BCUT2D eigenvalue weighted by Gasteiger charge is 2.03. The third kappa shape index (κ3) is 3.96. The van der Waals surface area contributed by atoms with Crippen molar-refractivity contribution in [3.05, 3.63) is 64.4 Å². The Kier molecular flexibility index (Phi) is 4.96. The molecule has 5 heteroatoms. The topological polar surface area (TPSA) is 30.8 Å². The quantitative estimate of drug-likeness (QED) is 0.615. The standard InChI is InChI=1S/C15H13ClFNO2/c1-19-15-7-4-12(8-14(15)17)10-20-18-9-11-2-5-13(16)6-3-11/h2-9H,10H2,1H3. The molecule has 0 saturated heterocycles. The molecule has 0 amide bonds. The summed E-state index contributed by atoms with van der Waals surface area (Å²) in [5.74, 6) is -0.214. The second kappa shape index (κ2) is 6.91. The highest BCUT2D eigenvalue weighted by molar-refractivity contribution is 6.30. The van der Waals surface area contributed by atoms with Crippen LogP contribution in [0.15, 0.2) is 47.6 Å². The Morgan fingerprint density at radius 2 is 1.95 bits per heavy atom. The summed E-state index contributed by atoms with van der Waals surface area (Å²) in [6.45, 7) is 0.186. The SMILES string of the molecule is COc1ccc(CON=Cc2ccc(Cl)cc2)cc1F. The molecule has 0 aliphatic rings. The molecule has 0 saturated carbocycles. The second-order valence-electron chi connectivity index (χ2n) is 4.03. The zero-order valence-corrected chi connectivity index (χ0v) is 11.6. The molecule has 0 radical (unpaired) electrons. The Morgan fingerprint density at radius 3 is 2.60 bits per heavy atom.